The molecule has 0 aromatic heterocycles. The monoisotopic (exact) mass is 237 g/mol. The van der Waals surface area contributed by atoms with E-state index in [-0.39, 0.29) is 0 Å². The van der Waals surface area contributed by atoms with E-state index in [2.05, 4.69) is 24.4 Å². The molecule has 0 saturated carbocycles. The fourth-order valence-corrected chi connectivity index (χ4v) is 1.70. The molecule has 0 aliphatic heterocycles. The van der Waals surface area contributed by atoms with Gasteiger partial charge in [-0.1, -0.05) is 12.1 Å². The Morgan fingerprint density at radius 2 is 1.82 bits per heavy atom. The minimum atomic E-state index is 0.378. The van der Waals surface area contributed by atoms with Crippen LogP contribution in [0.3, 0.4) is 0 Å². The van der Waals surface area contributed by atoms with Crippen LogP contribution >= 0.6 is 0 Å². The molecule has 17 heavy (non-hydrogen) atoms. The highest BCUT2D eigenvalue weighted by atomic mass is 16.5. The average molecular weight is 237 g/mol. The lowest BCUT2D eigenvalue weighted by Gasteiger charge is -2.14. The molecule has 0 radical (unpaired) electrons. The summed E-state index contributed by atoms with van der Waals surface area (Å²) in [5.41, 5.74) is 1.29. The molecule has 0 bridgehead atoms. The quantitative estimate of drug-likeness (QED) is 0.705. The van der Waals surface area contributed by atoms with Gasteiger partial charge in [0.2, 0.25) is 0 Å². The van der Waals surface area contributed by atoms with Gasteiger partial charge in [0.15, 0.2) is 0 Å². The number of methoxy groups -OCH3 is 2. The molecule has 0 heterocycles. The van der Waals surface area contributed by atoms with E-state index >= 15 is 0 Å². The van der Waals surface area contributed by atoms with E-state index in [4.69, 9.17) is 9.47 Å². The van der Waals surface area contributed by atoms with Crippen LogP contribution < -0.4 is 10.1 Å². The third-order valence-electron chi connectivity index (χ3n) is 2.84. The van der Waals surface area contributed by atoms with Crippen molar-refractivity contribution in [3.05, 3.63) is 29.8 Å². The first-order valence-corrected chi connectivity index (χ1v) is 6.14. The molecule has 96 valence electrons. The van der Waals surface area contributed by atoms with Crippen LogP contribution in [-0.4, -0.2) is 27.4 Å². The maximum atomic E-state index is 5.14. The molecule has 0 amide bonds. The number of ether oxygens (including phenoxy) is 2. The van der Waals surface area contributed by atoms with Crippen molar-refractivity contribution in [2.24, 2.45) is 0 Å². The van der Waals surface area contributed by atoms with Crippen molar-refractivity contribution in [3.8, 4) is 5.75 Å². The molecular weight excluding hydrogens is 214 g/mol. The number of hydrogen-bond donors (Lipinski definition) is 1. The van der Waals surface area contributed by atoms with Crippen LogP contribution in [0.2, 0.25) is 0 Å². The van der Waals surface area contributed by atoms with E-state index in [9.17, 15) is 0 Å². The van der Waals surface area contributed by atoms with E-state index in [0.29, 0.717) is 6.04 Å². The maximum absolute atomic E-state index is 5.14. The van der Waals surface area contributed by atoms with Crippen molar-refractivity contribution in [3.63, 3.8) is 0 Å². The van der Waals surface area contributed by atoms with Gasteiger partial charge in [-0.15, -0.1) is 0 Å². The van der Waals surface area contributed by atoms with E-state index < -0.39 is 0 Å². The Hall–Kier alpha value is -1.06. The summed E-state index contributed by atoms with van der Waals surface area (Å²) in [6.07, 6.45) is 2.26. The Morgan fingerprint density at radius 3 is 2.41 bits per heavy atom. The zero-order valence-corrected chi connectivity index (χ0v) is 11.0. The van der Waals surface area contributed by atoms with Gasteiger partial charge < -0.3 is 14.8 Å². The van der Waals surface area contributed by atoms with Crippen molar-refractivity contribution in [2.75, 3.05) is 27.4 Å². The number of unbranched alkanes of at least 4 members (excludes halogenated alkanes) is 1. The Bertz CT molecular complexity index is 298. The molecule has 0 aliphatic carbocycles. The van der Waals surface area contributed by atoms with Crippen LogP contribution in [0.25, 0.3) is 0 Å². The second-order valence-corrected chi connectivity index (χ2v) is 4.15. The number of nitrogens with one attached hydrogen (secondary N) is 1. The first-order chi connectivity index (χ1) is 8.27. The van der Waals surface area contributed by atoms with E-state index in [1.54, 1.807) is 14.2 Å². The summed E-state index contributed by atoms with van der Waals surface area (Å²) in [7, 11) is 3.43. The van der Waals surface area contributed by atoms with Crippen molar-refractivity contribution >= 4 is 0 Å². The highest BCUT2D eigenvalue weighted by Crippen LogP contribution is 2.17. The van der Waals surface area contributed by atoms with Gasteiger partial charge >= 0.3 is 0 Å². The zero-order valence-electron chi connectivity index (χ0n) is 11.0. The zero-order chi connectivity index (χ0) is 12.5. The van der Waals surface area contributed by atoms with Crippen LogP contribution in [-0.2, 0) is 4.74 Å². The Kier molecular flexibility index (Phi) is 6.67. The van der Waals surface area contributed by atoms with Gasteiger partial charge in [0, 0.05) is 19.8 Å². The van der Waals surface area contributed by atoms with Crippen LogP contribution in [0.15, 0.2) is 24.3 Å². The molecule has 1 aromatic carbocycles. The molecule has 1 aromatic rings. The van der Waals surface area contributed by atoms with E-state index in [1.165, 1.54) is 5.56 Å². The van der Waals surface area contributed by atoms with Crippen LogP contribution in [0.1, 0.15) is 31.4 Å². The lowest BCUT2D eigenvalue weighted by Crippen LogP contribution is -2.20. The number of benzene rings is 1. The summed E-state index contributed by atoms with van der Waals surface area (Å²) in [5, 5.41) is 3.50. The minimum absolute atomic E-state index is 0.378. The van der Waals surface area contributed by atoms with Crippen LogP contribution in [0.5, 0.6) is 5.75 Å². The number of rotatable bonds is 8. The standard InChI is InChI=1S/C14H23NO2/c1-12(15-10-4-5-11-16-2)13-6-8-14(17-3)9-7-13/h6-9,12,15H,4-5,10-11H2,1-3H3/t12-/m1/s1. The predicted octanol–water partition coefficient (Wildman–Crippen LogP) is 2.77. The molecule has 0 fully saturated rings. The summed E-state index contributed by atoms with van der Waals surface area (Å²) < 4.78 is 10.2. The first-order valence-electron chi connectivity index (χ1n) is 6.14. The summed E-state index contributed by atoms with van der Waals surface area (Å²) in [6, 6.07) is 8.58. The van der Waals surface area contributed by atoms with Gasteiger partial charge in [0.25, 0.3) is 0 Å². The van der Waals surface area contributed by atoms with Gasteiger partial charge in [-0.05, 0) is 44.0 Å². The van der Waals surface area contributed by atoms with E-state index in [0.717, 1.165) is 31.7 Å². The molecule has 3 heteroatoms. The molecular formula is C14H23NO2. The first kappa shape index (κ1) is 14.0. The Labute approximate surface area is 104 Å². The number of hydrogen-bond acceptors (Lipinski definition) is 3. The molecule has 0 spiro atoms. The Morgan fingerprint density at radius 1 is 1.12 bits per heavy atom. The third-order valence-corrected chi connectivity index (χ3v) is 2.84. The molecule has 1 N–H and O–H groups in total. The van der Waals surface area contributed by atoms with Crippen molar-refractivity contribution in [2.45, 2.75) is 25.8 Å². The predicted molar refractivity (Wildman–Crippen MR) is 70.5 cm³/mol. The molecule has 3 nitrogen and oxygen atoms in total. The minimum Gasteiger partial charge on any atom is -0.497 e. The smallest absolute Gasteiger partial charge is 0.118 e. The Balaban J connectivity index is 2.28. The van der Waals surface area contributed by atoms with Crippen LogP contribution in [0, 0.1) is 0 Å². The second kappa shape index (κ2) is 8.09. The molecule has 1 atom stereocenters. The lowest BCUT2D eigenvalue weighted by molar-refractivity contribution is 0.192. The highest BCUT2D eigenvalue weighted by molar-refractivity contribution is 5.28. The SMILES string of the molecule is COCCCCN[C@H](C)c1ccc(OC)cc1. The van der Waals surface area contributed by atoms with Crippen molar-refractivity contribution < 1.29 is 9.47 Å². The fraction of sp³-hybridized carbons (Fsp3) is 0.571. The average Bonchev–Trinajstić information content (AvgIpc) is 2.38. The highest BCUT2D eigenvalue weighted by Gasteiger charge is 2.03. The van der Waals surface area contributed by atoms with Gasteiger partial charge in [-0.25, -0.2) is 0 Å². The van der Waals surface area contributed by atoms with Gasteiger partial charge in [-0.3, -0.25) is 0 Å². The maximum Gasteiger partial charge on any atom is 0.118 e. The largest absolute Gasteiger partial charge is 0.497 e. The summed E-state index contributed by atoms with van der Waals surface area (Å²) in [5.74, 6) is 0.904. The molecule has 0 saturated heterocycles. The van der Waals surface area contributed by atoms with Gasteiger partial charge in [0.05, 0.1) is 7.11 Å². The topological polar surface area (TPSA) is 30.5 Å². The fourth-order valence-electron chi connectivity index (χ4n) is 1.70. The molecule has 0 unspecified atom stereocenters. The lowest BCUT2D eigenvalue weighted by atomic mass is 10.1. The van der Waals surface area contributed by atoms with Gasteiger partial charge in [0.1, 0.15) is 5.75 Å². The third kappa shape index (κ3) is 5.20. The normalized spacial score (nSPS) is 12.4. The second-order valence-electron chi connectivity index (χ2n) is 4.15. The summed E-state index contributed by atoms with van der Waals surface area (Å²) in [4.78, 5) is 0. The summed E-state index contributed by atoms with van der Waals surface area (Å²) >= 11 is 0. The van der Waals surface area contributed by atoms with Gasteiger partial charge in [-0.2, -0.15) is 0 Å². The van der Waals surface area contributed by atoms with E-state index in [1.807, 2.05) is 12.1 Å². The summed E-state index contributed by atoms with van der Waals surface area (Å²) in [6.45, 7) is 4.05. The molecule has 1 rings (SSSR count). The molecule has 0 aliphatic rings. The van der Waals surface area contributed by atoms with Crippen molar-refractivity contribution in [1.82, 2.24) is 5.32 Å². The van der Waals surface area contributed by atoms with Crippen LogP contribution in [0.4, 0.5) is 0 Å². The van der Waals surface area contributed by atoms with Crippen molar-refractivity contribution in [1.29, 1.82) is 0 Å².